The van der Waals surface area contributed by atoms with Gasteiger partial charge in [0.2, 0.25) is 0 Å². The molecule has 0 atom stereocenters. The van der Waals surface area contributed by atoms with Gasteiger partial charge in [-0.2, -0.15) is 0 Å². The molecular formula is C20H23N5O. The number of carbonyl (C=O) groups excluding carboxylic acids is 1. The minimum Gasteiger partial charge on any atom is -0.345 e. The largest absolute Gasteiger partial charge is 0.345 e. The van der Waals surface area contributed by atoms with Gasteiger partial charge in [0.05, 0.1) is 17.6 Å². The Bertz CT molecular complexity index is 976. The summed E-state index contributed by atoms with van der Waals surface area (Å²) in [6, 6.07) is 7.98. The Hall–Kier alpha value is -2.76. The van der Waals surface area contributed by atoms with Crippen LogP contribution in [0.1, 0.15) is 53.0 Å². The molecule has 0 saturated heterocycles. The maximum atomic E-state index is 12.9. The van der Waals surface area contributed by atoms with E-state index in [1.54, 1.807) is 0 Å². The second-order valence-corrected chi connectivity index (χ2v) is 6.84. The van der Waals surface area contributed by atoms with Crippen LogP contribution in [0.2, 0.25) is 0 Å². The lowest BCUT2D eigenvalue weighted by atomic mass is 10.0. The van der Waals surface area contributed by atoms with Crippen molar-refractivity contribution in [1.29, 1.82) is 0 Å². The number of aryl methyl sites for hydroxylation is 3. The Balaban J connectivity index is 1.61. The van der Waals surface area contributed by atoms with Gasteiger partial charge in [0.1, 0.15) is 5.82 Å². The van der Waals surface area contributed by atoms with E-state index in [1.165, 1.54) is 5.56 Å². The van der Waals surface area contributed by atoms with Crippen molar-refractivity contribution in [3.8, 4) is 0 Å². The molecule has 6 nitrogen and oxygen atoms in total. The van der Waals surface area contributed by atoms with Crippen molar-refractivity contribution in [1.82, 2.24) is 25.1 Å². The first-order valence-corrected chi connectivity index (χ1v) is 9.25. The summed E-state index contributed by atoms with van der Waals surface area (Å²) < 4.78 is 2.13. The zero-order valence-corrected chi connectivity index (χ0v) is 15.2. The molecule has 6 heteroatoms. The molecule has 1 aliphatic rings. The molecule has 4 rings (SSSR count). The fraction of sp³-hybridized carbons (Fsp3) is 0.400. The fourth-order valence-corrected chi connectivity index (χ4v) is 3.57. The summed E-state index contributed by atoms with van der Waals surface area (Å²) in [4.78, 5) is 17.4. The number of rotatable bonds is 4. The zero-order chi connectivity index (χ0) is 18.1. The third-order valence-electron chi connectivity index (χ3n) is 5.00. The molecule has 0 bridgehead atoms. The van der Waals surface area contributed by atoms with Gasteiger partial charge in [0, 0.05) is 24.0 Å². The van der Waals surface area contributed by atoms with Gasteiger partial charge in [-0.15, -0.1) is 10.2 Å². The van der Waals surface area contributed by atoms with E-state index in [1.807, 2.05) is 19.1 Å². The van der Waals surface area contributed by atoms with E-state index in [-0.39, 0.29) is 5.91 Å². The summed E-state index contributed by atoms with van der Waals surface area (Å²) in [5, 5.41) is 12.4. The van der Waals surface area contributed by atoms with Crippen LogP contribution in [0.4, 0.5) is 0 Å². The highest BCUT2D eigenvalue weighted by Gasteiger charge is 2.17. The van der Waals surface area contributed by atoms with Gasteiger partial charge in [0.15, 0.2) is 5.82 Å². The van der Waals surface area contributed by atoms with Crippen molar-refractivity contribution in [3.05, 3.63) is 52.7 Å². The molecule has 0 aliphatic carbocycles. The first-order valence-electron chi connectivity index (χ1n) is 9.25. The predicted molar refractivity (Wildman–Crippen MR) is 100.0 cm³/mol. The van der Waals surface area contributed by atoms with Gasteiger partial charge in [-0.1, -0.05) is 13.0 Å². The Kier molecular flexibility index (Phi) is 4.41. The maximum absolute atomic E-state index is 12.9. The third-order valence-corrected chi connectivity index (χ3v) is 5.00. The quantitative estimate of drug-likeness (QED) is 0.786. The lowest BCUT2D eigenvalue weighted by molar-refractivity contribution is 0.0951. The third kappa shape index (κ3) is 3.07. The number of nitrogens with zero attached hydrogens (tertiary/aromatic N) is 4. The molecule has 1 aromatic carbocycles. The Morgan fingerprint density at radius 2 is 2.12 bits per heavy atom. The molecule has 134 valence electrons. The molecule has 0 unspecified atom stereocenters. The van der Waals surface area contributed by atoms with E-state index in [9.17, 15) is 4.79 Å². The lowest BCUT2D eigenvalue weighted by Gasteiger charge is -2.15. The summed E-state index contributed by atoms with van der Waals surface area (Å²) in [7, 11) is 0. The number of hydrogen-bond donors (Lipinski definition) is 1. The van der Waals surface area contributed by atoms with Crippen molar-refractivity contribution in [2.24, 2.45) is 0 Å². The first kappa shape index (κ1) is 16.7. The lowest BCUT2D eigenvalue weighted by Crippen LogP contribution is -2.26. The average Bonchev–Trinajstić information content (AvgIpc) is 3.08. The molecule has 26 heavy (non-hydrogen) atoms. The Morgan fingerprint density at radius 1 is 1.23 bits per heavy atom. The molecule has 0 spiro atoms. The average molecular weight is 349 g/mol. The minimum absolute atomic E-state index is 0.0955. The van der Waals surface area contributed by atoms with Crippen molar-refractivity contribution in [2.45, 2.75) is 52.6 Å². The highest BCUT2D eigenvalue weighted by atomic mass is 16.1. The number of benzene rings is 1. The van der Waals surface area contributed by atoms with E-state index >= 15 is 0 Å². The molecule has 1 N–H and O–H groups in total. The normalized spacial score (nSPS) is 13.6. The summed E-state index contributed by atoms with van der Waals surface area (Å²) in [5.41, 5.74) is 3.56. The SMILES string of the molecule is CCc1ccc2nc(C)cc(C(=O)NCc3nnc4n3CCCC4)c2c1. The molecule has 3 heterocycles. The van der Waals surface area contributed by atoms with Crippen molar-refractivity contribution in [2.75, 3.05) is 0 Å². The smallest absolute Gasteiger partial charge is 0.252 e. The number of fused-ring (bicyclic) bond motifs is 2. The molecule has 1 amide bonds. The van der Waals surface area contributed by atoms with Crippen LogP contribution in [0.3, 0.4) is 0 Å². The van der Waals surface area contributed by atoms with E-state index in [0.29, 0.717) is 12.1 Å². The second-order valence-electron chi connectivity index (χ2n) is 6.84. The zero-order valence-electron chi connectivity index (χ0n) is 15.2. The van der Waals surface area contributed by atoms with Gasteiger partial charge in [-0.3, -0.25) is 9.78 Å². The van der Waals surface area contributed by atoms with Crippen LogP contribution in [0.25, 0.3) is 10.9 Å². The molecule has 0 radical (unpaired) electrons. The van der Waals surface area contributed by atoms with Crippen LogP contribution in [-0.2, 0) is 25.9 Å². The van der Waals surface area contributed by atoms with Crippen LogP contribution < -0.4 is 5.32 Å². The summed E-state index contributed by atoms with van der Waals surface area (Å²) in [6.45, 7) is 5.35. The Labute approximate surface area is 152 Å². The van der Waals surface area contributed by atoms with Gasteiger partial charge < -0.3 is 9.88 Å². The van der Waals surface area contributed by atoms with Crippen molar-refractivity contribution in [3.63, 3.8) is 0 Å². The highest BCUT2D eigenvalue weighted by Crippen LogP contribution is 2.21. The molecule has 2 aromatic heterocycles. The highest BCUT2D eigenvalue weighted by molar-refractivity contribution is 6.06. The second kappa shape index (κ2) is 6.86. The monoisotopic (exact) mass is 349 g/mol. The number of hydrogen-bond acceptors (Lipinski definition) is 4. The number of amides is 1. The van der Waals surface area contributed by atoms with Crippen LogP contribution in [0.15, 0.2) is 24.3 Å². The fourth-order valence-electron chi connectivity index (χ4n) is 3.57. The van der Waals surface area contributed by atoms with Crippen LogP contribution in [0, 0.1) is 6.92 Å². The van der Waals surface area contributed by atoms with Crippen LogP contribution in [0.5, 0.6) is 0 Å². The summed E-state index contributed by atoms with van der Waals surface area (Å²) in [5.74, 6) is 1.76. The molecular weight excluding hydrogens is 326 g/mol. The number of pyridine rings is 1. The van der Waals surface area contributed by atoms with Crippen LogP contribution >= 0.6 is 0 Å². The van der Waals surface area contributed by atoms with Gasteiger partial charge >= 0.3 is 0 Å². The van der Waals surface area contributed by atoms with Gasteiger partial charge in [0.25, 0.3) is 5.91 Å². The van der Waals surface area contributed by atoms with Crippen molar-refractivity contribution >= 4 is 16.8 Å². The molecule has 0 fully saturated rings. The van der Waals surface area contributed by atoms with Crippen molar-refractivity contribution < 1.29 is 4.79 Å². The van der Waals surface area contributed by atoms with E-state index in [4.69, 9.17) is 0 Å². The predicted octanol–water partition coefficient (Wildman–Crippen LogP) is 2.96. The van der Waals surface area contributed by atoms with E-state index in [2.05, 4.69) is 44.1 Å². The Morgan fingerprint density at radius 3 is 2.96 bits per heavy atom. The standard InChI is InChI=1S/C20H23N5O/c1-3-14-7-8-17-15(11-14)16(10-13(2)22-17)20(26)21-12-19-24-23-18-6-4-5-9-25(18)19/h7-8,10-11H,3-6,9,12H2,1-2H3,(H,21,26). The van der Waals surface area contributed by atoms with Gasteiger partial charge in [-0.25, -0.2) is 0 Å². The van der Waals surface area contributed by atoms with E-state index in [0.717, 1.165) is 60.5 Å². The first-order chi connectivity index (χ1) is 12.7. The number of nitrogens with one attached hydrogen (secondary N) is 1. The topological polar surface area (TPSA) is 72.7 Å². The summed E-state index contributed by atoms with van der Waals surface area (Å²) in [6.07, 6.45) is 4.19. The number of aromatic nitrogens is 4. The molecule has 3 aromatic rings. The van der Waals surface area contributed by atoms with Gasteiger partial charge in [-0.05, 0) is 49.9 Å². The molecule has 1 aliphatic heterocycles. The van der Waals surface area contributed by atoms with E-state index < -0.39 is 0 Å². The number of carbonyl (C=O) groups is 1. The molecule has 0 saturated carbocycles. The minimum atomic E-state index is -0.0955. The summed E-state index contributed by atoms with van der Waals surface area (Å²) >= 11 is 0. The maximum Gasteiger partial charge on any atom is 0.252 e. The van der Waals surface area contributed by atoms with Crippen LogP contribution in [-0.4, -0.2) is 25.7 Å².